The number of H-pyrrole nitrogens is 1. The van der Waals surface area contributed by atoms with Gasteiger partial charge in [0.15, 0.2) is 5.69 Å². The Morgan fingerprint density at radius 2 is 2.12 bits per heavy atom. The molecular weight excluding hydrogens is 338 g/mol. The van der Waals surface area contributed by atoms with Gasteiger partial charge in [-0.05, 0) is 49.7 Å². The van der Waals surface area contributed by atoms with Crippen LogP contribution >= 0.6 is 0 Å². The molecule has 1 unspecified atom stereocenters. The molecule has 0 radical (unpaired) electrons. The minimum atomic E-state index is -3.20. The molecule has 2 aromatic rings. The van der Waals surface area contributed by atoms with E-state index in [-0.39, 0.29) is 0 Å². The molecule has 2 aliphatic rings. The highest BCUT2D eigenvalue weighted by Crippen LogP contribution is 2.63. The lowest BCUT2D eigenvalue weighted by molar-refractivity contribution is -0.0891. The molecular formula is C20H24F2N2O2. The first-order valence-electron chi connectivity index (χ1n) is 9.33. The Morgan fingerprint density at radius 3 is 2.73 bits per heavy atom. The predicted octanol–water partition coefficient (Wildman–Crippen LogP) is 4.63. The molecule has 0 amide bonds. The average molecular weight is 362 g/mol. The van der Waals surface area contributed by atoms with Crippen molar-refractivity contribution in [2.45, 2.75) is 51.4 Å². The number of fused-ring (bicyclic) bond motifs is 1. The number of rotatable bonds is 7. The number of benzene rings is 1. The summed E-state index contributed by atoms with van der Waals surface area (Å²) in [6.45, 7) is 2.21. The van der Waals surface area contributed by atoms with Gasteiger partial charge < -0.3 is 9.72 Å². The number of alkyl halides is 2. The Labute approximate surface area is 151 Å². The summed E-state index contributed by atoms with van der Waals surface area (Å²) in [5.41, 5.74) is -1.79. The van der Waals surface area contributed by atoms with Gasteiger partial charge in [-0.25, -0.2) is 4.98 Å². The van der Waals surface area contributed by atoms with Crippen LogP contribution in [0.1, 0.15) is 51.1 Å². The lowest BCUT2D eigenvalue weighted by Gasteiger charge is -2.26. The van der Waals surface area contributed by atoms with E-state index in [1.54, 1.807) is 18.2 Å². The van der Waals surface area contributed by atoms with E-state index in [4.69, 9.17) is 4.74 Å². The molecule has 1 N–H and O–H groups in total. The largest absolute Gasteiger partial charge is 0.497 e. The number of hydrogen-bond acceptors (Lipinski definition) is 3. The maximum atomic E-state index is 15.2. The van der Waals surface area contributed by atoms with Crippen molar-refractivity contribution in [3.05, 3.63) is 34.2 Å². The second kappa shape index (κ2) is 6.03. The van der Waals surface area contributed by atoms with E-state index < -0.39 is 22.6 Å². The van der Waals surface area contributed by atoms with Crippen molar-refractivity contribution in [3.8, 4) is 5.75 Å². The van der Waals surface area contributed by atoms with E-state index in [0.29, 0.717) is 42.0 Å². The molecule has 0 aliphatic heterocycles. The van der Waals surface area contributed by atoms with Gasteiger partial charge in [-0.1, -0.05) is 19.8 Å². The minimum absolute atomic E-state index is 0.350. The van der Waals surface area contributed by atoms with Crippen LogP contribution < -0.4 is 10.3 Å². The molecule has 140 valence electrons. The molecule has 2 aliphatic carbocycles. The molecule has 4 nitrogen and oxygen atoms in total. The lowest BCUT2D eigenvalue weighted by atomic mass is 9.88. The molecule has 6 heteroatoms. The van der Waals surface area contributed by atoms with E-state index in [2.05, 4.69) is 16.9 Å². The summed E-state index contributed by atoms with van der Waals surface area (Å²) in [7, 11) is 1.51. The van der Waals surface area contributed by atoms with Gasteiger partial charge in [-0.2, -0.15) is 8.78 Å². The first-order chi connectivity index (χ1) is 12.4. The topological polar surface area (TPSA) is 55.0 Å². The Bertz CT molecular complexity index is 889. The standard InChI is InChI=1S/C20H24F2N2O2/c1-12-10-13(12)4-3-7-19(8-9-19)20(21,22)17-18(25)24-16-11-14(26-2)5-6-15(16)23-17/h5-6,11-13H,3-4,7-10H2,1-2H3,(H,24,25)/t12?,13-/m1/s1. The highest BCUT2D eigenvalue weighted by atomic mass is 19.3. The van der Waals surface area contributed by atoms with Crippen LogP contribution in [0.5, 0.6) is 5.75 Å². The predicted molar refractivity (Wildman–Crippen MR) is 95.6 cm³/mol. The zero-order valence-corrected chi connectivity index (χ0v) is 15.1. The summed E-state index contributed by atoms with van der Waals surface area (Å²) >= 11 is 0. The van der Waals surface area contributed by atoms with Crippen molar-refractivity contribution in [1.29, 1.82) is 0 Å². The smallest absolute Gasteiger partial charge is 0.300 e. The summed E-state index contributed by atoms with van der Waals surface area (Å²) < 4.78 is 35.6. The van der Waals surface area contributed by atoms with Crippen molar-refractivity contribution in [2.75, 3.05) is 7.11 Å². The fourth-order valence-electron chi connectivity index (χ4n) is 4.03. The number of hydrogen-bond donors (Lipinski definition) is 1. The Balaban J connectivity index is 1.60. The molecule has 1 aromatic carbocycles. The maximum absolute atomic E-state index is 15.2. The summed E-state index contributed by atoms with van der Waals surface area (Å²) in [4.78, 5) is 18.9. The van der Waals surface area contributed by atoms with E-state index in [0.717, 1.165) is 18.8 Å². The monoisotopic (exact) mass is 362 g/mol. The van der Waals surface area contributed by atoms with E-state index in [1.807, 2.05) is 0 Å². The quantitative estimate of drug-likeness (QED) is 0.781. The van der Waals surface area contributed by atoms with Crippen molar-refractivity contribution in [2.24, 2.45) is 17.3 Å². The fraction of sp³-hybridized carbons (Fsp3) is 0.600. The van der Waals surface area contributed by atoms with Gasteiger partial charge in [-0.15, -0.1) is 0 Å². The van der Waals surface area contributed by atoms with Crippen molar-refractivity contribution in [3.63, 3.8) is 0 Å². The number of nitrogens with zero attached hydrogens (tertiary/aromatic N) is 1. The van der Waals surface area contributed by atoms with Gasteiger partial charge in [-0.3, -0.25) is 4.79 Å². The van der Waals surface area contributed by atoms with Crippen molar-refractivity contribution >= 4 is 11.0 Å². The average Bonchev–Trinajstić information content (AvgIpc) is 3.52. The number of ether oxygens (including phenoxy) is 1. The summed E-state index contributed by atoms with van der Waals surface area (Å²) in [6.07, 6.45) is 4.42. The molecule has 0 bridgehead atoms. The Kier molecular flexibility index (Phi) is 4.04. The third kappa shape index (κ3) is 2.89. The highest BCUT2D eigenvalue weighted by Gasteiger charge is 2.63. The van der Waals surface area contributed by atoms with Crippen LogP contribution in [0.2, 0.25) is 0 Å². The third-order valence-electron chi connectivity index (χ3n) is 6.22. The normalized spacial score (nSPS) is 23.8. The van der Waals surface area contributed by atoms with Crippen LogP contribution in [0.4, 0.5) is 8.78 Å². The van der Waals surface area contributed by atoms with Crippen LogP contribution in [0.3, 0.4) is 0 Å². The number of methoxy groups -OCH3 is 1. The maximum Gasteiger partial charge on any atom is 0.300 e. The summed E-state index contributed by atoms with van der Waals surface area (Å²) in [6, 6.07) is 4.84. The second-order valence-electron chi connectivity index (χ2n) is 8.02. The molecule has 2 atom stereocenters. The summed E-state index contributed by atoms with van der Waals surface area (Å²) in [5.74, 6) is -1.21. The lowest BCUT2D eigenvalue weighted by Crippen LogP contribution is -2.35. The third-order valence-corrected chi connectivity index (χ3v) is 6.22. The van der Waals surface area contributed by atoms with E-state index in [9.17, 15) is 4.79 Å². The molecule has 1 heterocycles. The van der Waals surface area contributed by atoms with Crippen LogP contribution in [-0.4, -0.2) is 17.1 Å². The second-order valence-corrected chi connectivity index (χ2v) is 8.02. The molecule has 2 saturated carbocycles. The first-order valence-corrected chi connectivity index (χ1v) is 9.33. The van der Waals surface area contributed by atoms with Gasteiger partial charge in [0.25, 0.3) is 5.56 Å². The van der Waals surface area contributed by atoms with Gasteiger partial charge in [0.1, 0.15) is 5.75 Å². The van der Waals surface area contributed by atoms with Crippen LogP contribution in [0.15, 0.2) is 23.0 Å². The molecule has 0 saturated heterocycles. The SMILES string of the molecule is COc1ccc2nc(C(F)(F)C3(CCC[C@@H]4CC4C)CC3)c(=O)[nH]c2c1. The molecule has 2 fully saturated rings. The van der Waals surface area contributed by atoms with Crippen LogP contribution in [0, 0.1) is 17.3 Å². The number of aromatic amines is 1. The first kappa shape index (κ1) is 17.4. The van der Waals surface area contributed by atoms with Gasteiger partial charge in [0, 0.05) is 11.5 Å². The van der Waals surface area contributed by atoms with Gasteiger partial charge in [0.05, 0.1) is 18.1 Å². The fourth-order valence-corrected chi connectivity index (χ4v) is 4.03. The Hall–Kier alpha value is -1.98. The van der Waals surface area contributed by atoms with Crippen LogP contribution in [0.25, 0.3) is 11.0 Å². The summed E-state index contributed by atoms with van der Waals surface area (Å²) in [5, 5.41) is 0. The highest BCUT2D eigenvalue weighted by molar-refractivity contribution is 5.75. The van der Waals surface area contributed by atoms with E-state index >= 15 is 8.78 Å². The molecule has 4 rings (SSSR count). The Morgan fingerprint density at radius 1 is 1.38 bits per heavy atom. The van der Waals surface area contributed by atoms with Gasteiger partial charge >= 0.3 is 5.92 Å². The minimum Gasteiger partial charge on any atom is -0.497 e. The zero-order valence-electron chi connectivity index (χ0n) is 15.1. The van der Waals surface area contributed by atoms with Gasteiger partial charge in [0.2, 0.25) is 0 Å². The molecule has 26 heavy (non-hydrogen) atoms. The molecule has 1 aromatic heterocycles. The number of nitrogens with one attached hydrogen (secondary N) is 1. The van der Waals surface area contributed by atoms with Crippen LogP contribution in [-0.2, 0) is 5.92 Å². The van der Waals surface area contributed by atoms with E-state index in [1.165, 1.54) is 13.5 Å². The number of aromatic nitrogens is 2. The zero-order chi connectivity index (χ0) is 18.5. The number of halogens is 2. The van der Waals surface area contributed by atoms with Crippen molar-refractivity contribution < 1.29 is 13.5 Å². The van der Waals surface area contributed by atoms with Crippen molar-refractivity contribution in [1.82, 2.24) is 9.97 Å². The molecule has 0 spiro atoms.